The first kappa shape index (κ1) is 14.0. The van der Waals surface area contributed by atoms with Crippen LogP contribution in [0.1, 0.15) is 34.6 Å². The number of amides is 1. The van der Waals surface area contributed by atoms with E-state index in [1.54, 1.807) is 27.7 Å². The molecular formula is C12H21NO4. The van der Waals surface area contributed by atoms with Gasteiger partial charge in [0.25, 0.3) is 0 Å². The second-order valence-corrected chi connectivity index (χ2v) is 6.00. The van der Waals surface area contributed by atoms with Crippen molar-refractivity contribution in [2.24, 2.45) is 5.41 Å². The summed E-state index contributed by atoms with van der Waals surface area (Å²) >= 11 is 0. The first-order valence-electron chi connectivity index (χ1n) is 5.67. The molecule has 1 saturated heterocycles. The molecule has 0 aromatic rings. The molecule has 1 atom stereocenters. The Morgan fingerprint density at radius 1 is 1.35 bits per heavy atom. The fourth-order valence-corrected chi connectivity index (χ4v) is 1.55. The van der Waals surface area contributed by atoms with Gasteiger partial charge in [-0.1, -0.05) is 6.92 Å². The lowest BCUT2D eigenvalue weighted by Crippen LogP contribution is -2.66. The number of hydrogen-bond donors (Lipinski definition) is 1. The zero-order valence-corrected chi connectivity index (χ0v) is 11.1. The number of carbonyl (C=O) groups excluding carboxylic acids is 2. The van der Waals surface area contributed by atoms with E-state index < -0.39 is 17.2 Å². The minimum Gasteiger partial charge on any atom is -0.444 e. The Balaban J connectivity index is 2.70. The van der Waals surface area contributed by atoms with Crippen LogP contribution in [0.2, 0.25) is 0 Å². The van der Waals surface area contributed by atoms with E-state index in [4.69, 9.17) is 9.47 Å². The molecule has 1 aliphatic rings. The van der Waals surface area contributed by atoms with Gasteiger partial charge in [0.2, 0.25) is 0 Å². The maximum Gasteiger partial charge on any atom is 0.408 e. The summed E-state index contributed by atoms with van der Waals surface area (Å²) in [6, 6.07) is 0. The molecule has 1 amide bonds. The van der Waals surface area contributed by atoms with Crippen LogP contribution in [0.4, 0.5) is 4.79 Å². The molecule has 1 unspecified atom stereocenters. The van der Waals surface area contributed by atoms with E-state index in [1.165, 1.54) is 0 Å². The molecule has 0 spiro atoms. The van der Waals surface area contributed by atoms with Gasteiger partial charge in [0.05, 0.1) is 13.2 Å². The predicted molar refractivity (Wildman–Crippen MR) is 62.8 cm³/mol. The largest absolute Gasteiger partial charge is 0.444 e. The van der Waals surface area contributed by atoms with Gasteiger partial charge in [-0.15, -0.1) is 0 Å². The number of alkyl carbamates (subject to hydrolysis) is 1. The number of carbonyl (C=O) groups is 2. The monoisotopic (exact) mass is 243 g/mol. The lowest BCUT2D eigenvalue weighted by atomic mass is 9.71. The number of aldehydes is 1. The van der Waals surface area contributed by atoms with Gasteiger partial charge >= 0.3 is 6.09 Å². The number of nitrogens with one attached hydrogen (secondary N) is 1. The molecule has 0 aromatic carbocycles. The molecule has 17 heavy (non-hydrogen) atoms. The first-order valence-corrected chi connectivity index (χ1v) is 5.67. The van der Waals surface area contributed by atoms with Crippen molar-refractivity contribution in [1.82, 2.24) is 5.32 Å². The highest BCUT2D eigenvalue weighted by Gasteiger charge is 2.51. The standard InChI is InChI=1S/C12H21NO4/c1-10(2,3)17-9(15)13-12(5,6-14)11(4)7-16-8-11/h6H,7-8H2,1-5H3,(H,13,15). The van der Waals surface area contributed by atoms with Crippen LogP contribution in [0.15, 0.2) is 0 Å². The Kier molecular flexibility index (Phi) is 3.52. The van der Waals surface area contributed by atoms with Gasteiger partial charge in [-0.3, -0.25) is 0 Å². The Bertz CT molecular complexity index is 317. The third-order valence-corrected chi connectivity index (χ3v) is 3.09. The number of ether oxygens (including phenoxy) is 2. The highest BCUT2D eigenvalue weighted by molar-refractivity contribution is 5.77. The molecule has 0 radical (unpaired) electrons. The van der Waals surface area contributed by atoms with E-state index in [9.17, 15) is 9.59 Å². The maximum atomic E-state index is 11.7. The van der Waals surface area contributed by atoms with Gasteiger partial charge in [-0.25, -0.2) is 4.79 Å². The van der Waals surface area contributed by atoms with E-state index in [0.717, 1.165) is 6.29 Å². The predicted octanol–water partition coefficient (Wildman–Crippen LogP) is 1.51. The second-order valence-electron chi connectivity index (χ2n) is 6.00. The summed E-state index contributed by atoms with van der Waals surface area (Å²) in [4.78, 5) is 22.9. The maximum absolute atomic E-state index is 11.7. The van der Waals surface area contributed by atoms with Crippen molar-refractivity contribution in [2.75, 3.05) is 13.2 Å². The molecule has 0 saturated carbocycles. The third-order valence-electron chi connectivity index (χ3n) is 3.09. The van der Waals surface area contributed by atoms with Crippen LogP contribution in [0, 0.1) is 5.41 Å². The molecule has 1 aliphatic heterocycles. The second kappa shape index (κ2) is 4.29. The van der Waals surface area contributed by atoms with E-state index in [-0.39, 0.29) is 5.41 Å². The van der Waals surface area contributed by atoms with E-state index >= 15 is 0 Å². The summed E-state index contributed by atoms with van der Waals surface area (Å²) in [5, 5.41) is 2.63. The van der Waals surface area contributed by atoms with E-state index in [2.05, 4.69) is 5.32 Å². The summed E-state index contributed by atoms with van der Waals surface area (Å²) in [7, 11) is 0. The number of rotatable bonds is 3. The van der Waals surface area contributed by atoms with Gasteiger partial charge in [0, 0.05) is 5.41 Å². The van der Waals surface area contributed by atoms with E-state index in [1.807, 2.05) is 6.92 Å². The quantitative estimate of drug-likeness (QED) is 0.763. The molecular weight excluding hydrogens is 222 g/mol. The fourth-order valence-electron chi connectivity index (χ4n) is 1.55. The lowest BCUT2D eigenvalue weighted by molar-refractivity contribution is -0.155. The van der Waals surface area contributed by atoms with Crippen molar-refractivity contribution in [3.05, 3.63) is 0 Å². The zero-order chi connectivity index (χ0) is 13.3. The van der Waals surface area contributed by atoms with Crippen molar-refractivity contribution in [3.8, 4) is 0 Å². The van der Waals surface area contributed by atoms with Crippen LogP contribution in [0.5, 0.6) is 0 Å². The summed E-state index contributed by atoms with van der Waals surface area (Å²) in [5.41, 5.74) is -1.91. The first-order chi connectivity index (χ1) is 7.62. The smallest absolute Gasteiger partial charge is 0.408 e. The van der Waals surface area contributed by atoms with Crippen molar-refractivity contribution in [1.29, 1.82) is 0 Å². The van der Waals surface area contributed by atoms with Gasteiger partial charge in [0.15, 0.2) is 0 Å². The fraction of sp³-hybridized carbons (Fsp3) is 0.833. The van der Waals surface area contributed by atoms with Crippen molar-refractivity contribution in [2.45, 2.75) is 45.8 Å². The normalized spacial score (nSPS) is 21.9. The Morgan fingerprint density at radius 3 is 2.18 bits per heavy atom. The van der Waals surface area contributed by atoms with Crippen LogP contribution < -0.4 is 5.32 Å². The van der Waals surface area contributed by atoms with Crippen LogP contribution in [0.25, 0.3) is 0 Å². The topological polar surface area (TPSA) is 64.6 Å². The summed E-state index contributed by atoms with van der Waals surface area (Å²) in [6.45, 7) is 9.84. The Labute approximate surface area is 102 Å². The summed E-state index contributed by atoms with van der Waals surface area (Å²) in [6.07, 6.45) is 0.166. The SMILES string of the molecule is CC(C)(C)OC(=O)NC(C)(C=O)C1(C)COC1. The van der Waals surface area contributed by atoms with Crippen LogP contribution in [-0.2, 0) is 14.3 Å². The van der Waals surface area contributed by atoms with Crippen LogP contribution in [-0.4, -0.2) is 36.7 Å². The van der Waals surface area contributed by atoms with Gasteiger partial charge < -0.3 is 19.6 Å². The van der Waals surface area contributed by atoms with Crippen molar-refractivity contribution < 1.29 is 19.1 Å². The average Bonchev–Trinajstić information content (AvgIpc) is 2.10. The summed E-state index contributed by atoms with van der Waals surface area (Å²) in [5.74, 6) is 0. The minimum atomic E-state index is -0.965. The van der Waals surface area contributed by atoms with Gasteiger partial charge in [0.1, 0.15) is 17.4 Å². The van der Waals surface area contributed by atoms with E-state index in [0.29, 0.717) is 13.2 Å². The Hall–Kier alpha value is -1.10. The van der Waals surface area contributed by atoms with Gasteiger partial charge in [-0.2, -0.15) is 0 Å². The van der Waals surface area contributed by atoms with Crippen molar-refractivity contribution in [3.63, 3.8) is 0 Å². The molecule has 5 nitrogen and oxygen atoms in total. The Morgan fingerprint density at radius 2 is 1.88 bits per heavy atom. The number of hydrogen-bond acceptors (Lipinski definition) is 4. The van der Waals surface area contributed by atoms with Crippen molar-refractivity contribution >= 4 is 12.4 Å². The molecule has 0 bridgehead atoms. The van der Waals surface area contributed by atoms with Crippen LogP contribution in [0.3, 0.4) is 0 Å². The lowest BCUT2D eigenvalue weighted by Gasteiger charge is -2.48. The summed E-state index contributed by atoms with van der Waals surface area (Å²) < 4.78 is 10.3. The molecule has 0 aliphatic carbocycles. The molecule has 5 heteroatoms. The molecule has 0 aromatic heterocycles. The van der Waals surface area contributed by atoms with Gasteiger partial charge in [-0.05, 0) is 27.7 Å². The molecule has 98 valence electrons. The average molecular weight is 243 g/mol. The molecule has 1 fully saturated rings. The minimum absolute atomic E-state index is 0.369. The molecule has 1 heterocycles. The molecule has 1 rings (SSSR count). The highest BCUT2D eigenvalue weighted by Crippen LogP contribution is 2.37. The zero-order valence-electron chi connectivity index (χ0n) is 11.1. The highest BCUT2D eigenvalue weighted by atomic mass is 16.6. The van der Waals surface area contributed by atoms with Crippen LogP contribution >= 0.6 is 0 Å². The molecule has 1 N–H and O–H groups in total. The third kappa shape index (κ3) is 2.97.